The van der Waals surface area contributed by atoms with Crippen LogP contribution in [0.2, 0.25) is 0 Å². The Kier molecular flexibility index (Phi) is 7.55. The molecule has 0 aromatic heterocycles. The molecule has 2 aliphatic rings. The van der Waals surface area contributed by atoms with E-state index in [-0.39, 0.29) is 29.6 Å². The molecule has 7 nitrogen and oxygen atoms in total. The lowest BCUT2D eigenvalue weighted by atomic mass is 9.88. The van der Waals surface area contributed by atoms with Gasteiger partial charge in [-0.05, 0) is 44.9 Å². The quantitative estimate of drug-likeness (QED) is 0.648. The smallest absolute Gasteiger partial charge is 0.416 e. The van der Waals surface area contributed by atoms with Gasteiger partial charge < -0.3 is 18.9 Å². The van der Waals surface area contributed by atoms with E-state index in [1.165, 1.54) is 16.7 Å². The summed E-state index contributed by atoms with van der Waals surface area (Å²) < 4.78 is 23.4. The maximum Gasteiger partial charge on any atom is 0.416 e. The van der Waals surface area contributed by atoms with Gasteiger partial charge in [-0.15, -0.1) is 0 Å². The zero-order valence-corrected chi connectivity index (χ0v) is 20.3. The minimum atomic E-state index is -0.565. The Balaban J connectivity index is 1.74. The van der Waals surface area contributed by atoms with E-state index >= 15 is 0 Å². The number of aliphatic imine (C=N–C) groups is 1. The maximum atomic E-state index is 12.5. The summed E-state index contributed by atoms with van der Waals surface area (Å²) in [6.45, 7) is 10.3. The van der Waals surface area contributed by atoms with Gasteiger partial charge >= 0.3 is 6.09 Å². The Hall–Kier alpha value is -1.77. The van der Waals surface area contributed by atoms with Crippen molar-refractivity contribution < 1.29 is 23.7 Å². The number of fused-ring (bicyclic) bond motifs is 1. The summed E-state index contributed by atoms with van der Waals surface area (Å²) in [5, 5.41) is 0.603. The molecule has 5 atom stereocenters. The maximum absolute atomic E-state index is 12.5. The third-order valence-corrected chi connectivity index (χ3v) is 6.68. The van der Waals surface area contributed by atoms with Gasteiger partial charge in [-0.2, -0.15) is 0 Å². The van der Waals surface area contributed by atoms with Crippen molar-refractivity contribution in [2.75, 3.05) is 14.2 Å². The van der Waals surface area contributed by atoms with Gasteiger partial charge in [0, 0.05) is 13.0 Å². The fourth-order valence-corrected chi connectivity index (χ4v) is 4.93. The van der Waals surface area contributed by atoms with Crippen molar-refractivity contribution in [2.45, 2.75) is 76.9 Å². The third kappa shape index (κ3) is 5.73. The molecule has 1 fully saturated rings. The van der Waals surface area contributed by atoms with Crippen LogP contribution >= 0.6 is 11.8 Å². The normalized spacial score (nSPS) is 28.0. The van der Waals surface area contributed by atoms with E-state index < -0.39 is 11.7 Å². The predicted molar refractivity (Wildman–Crippen MR) is 122 cm³/mol. The molecule has 0 saturated carbocycles. The molecule has 2 heterocycles. The number of nitrogens with zero attached hydrogens (tertiary/aromatic N) is 2. The van der Waals surface area contributed by atoms with Crippen LogP contribution in [0.1, 0.15) is 46.6 Å². The SMILES string of the molecule is CC[C@H]1O[C@@H]2SC(N(C)C(=O)OC(C)(C)C)=N[C@@H]2[C@@H](OCc2ccc(OC)cc2)[C@@H]1C. The highest BCUT2D eigenvalue weighted by Gasteiger charge is 2.48. The van der Waals surface area contributed by atoms with Crippen molar-refractivity contribution >= 4 is 23.0 Å². The molecule has 0 radical (unpaired) electrons. The molecule has 2 aliphatic heterocycles. The summed E-state index contributed by atoms with van der Waals surface area (Å²) in [6, 6.07) is 7.70. The van der Waals surface area contributed by atoms with E-state index in [9.17, 15) is 4.79 Å². The van der Waals surface area contributed by atoms with Crippen molar-refractivity contribution in [1.82, 2.24) is 4.90 Å². The highest BCUT2D eigenvalue weighted by molar-refractivity contribution is 8.14. The Bertz CT molecular complexity index is 792. The average Bonchev–Trinajstić information content (AvgIpc) is 3.15. The van der Waals surface area contributed by atoms with E-state index in [2.05, 4.69) is 13.8 Å². The summed E-state index contributed by atoms with van der Waals surface area (Å²) in [7, 11) is 3.34. The number of carbonyl (C=O) groups excluding carboxylic acids is 1. The van der Waals surface area contributed by atoms with Gasteiger partial charge in [-0.25, -0.2) is 4.79 Å². The van der Waals surface area contributed by atoms with Crippen molar-refractivity contribution in [3.8, 4) is 5.75 Å². The lowest BCUT2D eigenvalue weighted by molar-refractivity contribution is -0.137. The van der Waals surface area contributed by atoms with Crippen molar-refractivity contribution in [2.24, 2.45) is 10.9 Å². The van der Waals surface area contributed by atoms with Crippen LogP contribution in [-0.2, 0) is 20.8 Å². The Morgan fingerprint density at radius 2 is 1.94 bits per heavy atom. The summed E-state index contributed by atoms with van der Waals surface area (Å²) >= 11 is 1.46. The standard InChI is InChI=1S/C23H34N2O5S/c1-8-17-14(2)19(28-13-15-9-11-16(27-7)12-10-15)18-20(29-17)31-21(24-18)25(6)22(26)30-23(3,4)5/h9-12,14,17-20H,8,13H2,1-7H3/t14-,17-,18-,19+,20-/m1/s1. The molecule has 0 spiro atoms. The van der Waals surface area contributed by atoms with Crippen LogP contribution in [-0.4, -0.2) is 59.6 Å². The van der Waals surface area contributed by atoms with Crippen LogP contribution in [0.5, 0.6) is 5.75 Å². The number of hydrogen-bond donors (Lipinski definition) is 0. The fourth-order valence-electron chi connectivity index (χ4n) is 3.75. The second-order valence-electron chi connectivity index (χ2n) is 8.99. The number of benzene rings is 1. The molecular weight excluding hydrogens is 416 g/mol. The third-order valence-electron chi connectivity index (χ3n) is 5.47. The van der Waals surface area contributed by atoms with Crippen molar-refractivity contribution in [1.29, 1.82) is 0 Å². The topological polar surface area (TPSA) is 69.6 Å². The molecule has 1 amide bonds. The fraction of sp³-hybridized carbons (Fsp3) is 0.652. The summed E-state index contributed by atoms with van der Waals surface area (Å²) in [5.41, 5.74) is 0.330. The summed E-state index contributed by atoms with van der Waals surface area (Å²) in [6.07, 6.45) is 0.442. The number of ether oxygens (including phenoxy) is 4. The molecule has 1 aromatic carbocycles. The summed E-state index contributed by atoms with van der Waals surface area (Å²) in [5.74, 6) is 1.00. The van der Waals surface area contributed by atoms with Gasteiger partial charge in [-0.3, -0.25) is 9.89 Å². The molecule has 0 unspecified atom stereocenters. The number of hydrogen-bond acceptors (Lipinski definition) is 7. The first kappa shape index (κ1) is 23.9. The van der Waals surface area contributed by atoms with Gasteiger partial charge in [0.2, 0.25) is 0 Å². The molecule has 1 saturated heterocycles. The second-order valence-corrected chi connectivity index (χ2v) is 10.1. The Morgan fingerprint density at radius 1 is 1.26 bits per heavy atom. The van der Waals surface area contributed by atoms with Crippen LogP contribution < -0.4 is 4.74 Å². The first-order valence-corrected chi connectivity index (χ1v) is 11.6. The molecule has 0 aliphatic carbocycles. The zero-order valence-electron chi connectivity index (χ0n) is 19.5. The van der Waals surface area contributed by atoms with Gasteiger partial charge in [0.05, 0.1) is 25.9 Å². The second kappa shape index (κ2) is 9.79. The predicted octanol–water partition coefficient (Wildman–Crippen LogP) is 4.69. The highest BCUT2D eigenvalue weighted by atomic mass is 32.2. The van der Waals surface area contributed by atoms with Gasteiger partial charge in [0.1, 0.15) is 22.8 Å². The molecule has 0 N–H and O–H groups in total. The Labute approximate surface area is 189 Å². The van der Waals surface area contributed by atoms with E-state index in [1.807, 2.05) is 45.0 Å². The minimum absolute atomic E-state index is 0.0796. The van der Waals surface area contributed by atoms with Gasteiger partial charge in [0.15, 0.2) is 5.17 Å². The highest BCUT2D eigenvalue weighted by Crippen LogP contribution is 2.41. The van der Waals surface area contributed by atoms with Crippen LogP contribution in [0.4, 0.5) is 4.79 Å². The first-order valence-electron chi connectivity index (χ1n) is 10.7. The van der Waals surface area contributed by atoms with Crippen LogP contribution in [0, 0.1) is 5.92 Å². The van der Waals surface area contributed by atoms with E-state index in [4.69, 9.17) is 23.9 Å². The largest absolute Gasteiger partial charge is 0.497 e. The van der Waals surface area contributed by atoms with Crippen molar-refractivity contribution in [3.05, 3.63) is 29.8 Å². The zero-order chi connectivity index (χ0) is 22.8. The number of carbonyl (C=O) groups is 1. The van der Waals surface area contributed by atoms with Gasteiger partial charge in [0.25, 0.3) is 0 Å². The lowest BCUT2D eigenvalue weighted by Crippen LogP contribution is -2.51. The lowest BCUT2D eigenvalue weighted by Gasteiger charge is -2.41. The molecular formula is C23H34N2O5S. The Morgan fingerprint density at radius 3 is 2.52 bits per heavy atom. The van der Waals surface area contributed by atoms with Crippen LogP contribution in [0.25, 0.3) is 0 Å². The molecule has 3 rings (SSSR count). The first-order chi connectivity index (χ1) is 14.6. The number of rotatable bonds is 5. The summed E-state index contributed by atoms with van der Waals surface area (Å²) in [4.78, 5) is 18.8. The number of amides is 1. The minimum Gasteiger partial charge on any atom is -0.497 e. The average molecular weight is 451 g/mol. The van der Waals surface area contributed by atoms with Crippen molar-refractivity contribution in [3.63, 3.8) is 0 Å². The van der Waals surface area contributed by atoms with Gasteiger partial charge in [-0.1, -0.05) is 37.7 Å². The van der Waals surface area contributed by atoms with E-state index in [0.717, 1.165) is 17.7 Å². The van der Waals surface area contributed by atoms with Crippen LogP contribution in [0.3, 0.4) is 0 Å². The number of thioether (sulfide) groups is 1. The molecule has 31 heavy (non-hydrogen) atoms. The van der Waals surface area contributed by atoms with Crippen LogP contribution in [0.15, 0.2) is 29.3 Å². The van der Waals surface area contributed by atoms with E-state index in [0.29, 0.717) is 11.8 Å². The molecule has 172 valence electrons. The molecule has 8 heteroatoms. The number of amidine groups is 1. The monoisotopic (exact) mass is 450 g/mol. The molecule has 1 aromatic rings. The van der Waals surface area contributed by atoms with E-state index in [1.54, 1.807) is 14.2 Å². The molecule has 0 bridgehead atoms. The number of methoxy groups -OCH3 is 1.